The lowest BCUT2D eigenvalue weighted by Gasteiger charge is -2.39. The largest absolute Gasteiger partial charge is 0.471 e. The van der Waals surface area contributed by atoms with Gasteiger partial charge in [0.2, 0.25) is 6.29 Å². The van der Waals surface area contributed by atoms with Crippen molar-refractivity contribution in [2.24, 2.45) is 11.8 Å². The van der Waals surface area contributed by atoms with Gasteiger partial charge in [0.25, 0.3) is 0 Å². The number of carbonyl (C=O) groups is 2. The molecular weight excluding hydrogens is 364 g/mol. The summed E-state index contributed by atoms with van der Waals surface area (Å²) in [5, 5.41) is 29.4. The van der Waals surface area contributed by atoms with Gasteiger partial charge in [0.05, 0.1) is 24.4 Å². The Balaban J connectivity index is 1.55. The van der Waals surface area contributed by atoms with Gasteiger partial charge < -0.3 is 39.0 Å². The molecule has 8 atom stereocenters. The molecule has 4 rings (SSSR count). The van der Waals surface area contributed by atoms with E-state index in [1.54, 1.807) is 6.08 Å². The van der Waals surface area contributed by atoms with Gasteiger partial charge in [-0.2, -0.15) is 0 Å². The summed E-state index contributed by atoms with van der Waals surface area (Å²) in [6.07, 6.45) is -3.90. The second kappa shape index (κ2) is 6.88. The maximum atomic E-state index is 11.9. The molecule has 3 heterocycles. The number of carbonyl (C=O) groups excluding carboxylic acids is 2. The summed E-state index contributed by atoms with van der Waals surface area (Å²) >= 11 is 0. The first-order valence-corrected chi connectivity index (χ1v) is 8.58. The summed E-state index contributed by atoms with van der Waals surface area (Å²) in [6.45, 7) is 1.05. The fourth-order valence-corrected chi connectivity index (χ4v) is 3.84. The Hall–Kier alpha value is -1.98. The second-order valence-electron chi connectivity index (χ2n) is 6.91. The smallest absolute Gasteiger partial charge is 0.338 e. The lowest BCUT2D eigenvalue weighted by atomic mass is 9.84. The fourth-order valence-electron chi connectivity index (χ4n) is 3.84. The van der Waals surface area contributed by atoms with Gasteiger partial charge in [0, 0.05) is 12.8 Å². The van der Waals surface area contributed by atoms with Crippen LogP contribution < -0.4 is 0 Å². The molecule has 0 unspecified atom stereocenters. The van der Waals surface area contributed by atoms with E-state index in [-0.39, 0.29) is 19.1 Å². The van der Waals surface area contributed by atoms with E-state index in [4.69, 9.17) is 23.7 Å². The van der Waals surface area contributed by atoms with Gasteiger partial charge in [-0.15, -0.1) is 0 Å². The van der Waals surface area contributed by atoms with E-state index >= 15 is 0 Å². The number of aliphatic hydroxyl groups is 3. The molecule has 3 N–H and O–H groups in total. The number of rotatable bonds is 4. The van der Waals surface area contributed by atoms with E-state index in [1.807, 2.05) is 0 Å². The first-order valence-electron chi connectivity index (χ1n) is 8.58. The number of hydrogen-bond acceptors (Lipinski definition) is 10. The summed E-state index contributed by atoms with van der Waals surface area (Å²) in [7, 11) is 0. The van der Waals surface area contributed by atoms with Gasteiger partial charge in [-0.3, -0.25) is 4.79 Å². The highest BCUT2D eigenvalue weighted by molar-refractivity contribution is 5.92. The monoisotopic (exact) mass is 384 g/mol. The zero-order valence-electron chi connectivity index (χ0n) is 14.4. The van der Waals surface area contributed by atoms with Crippen LogP contribution >= 0.6 is 0 Å². The molecule has 0 saturated carbocycles. The van der Waals surface area contributed by atoms with Crippen molar-refractivity contribution < 1.29 is 48.6 Å². The Kier molecular flexibility index (Phi) is 4.68. The van der Waals surface area contributed by atoms with Gasteiger partial charge in [-0.1, -0.05) is 0 Å². The van der Waals surface area contributed by atoms with Crippen molar-refractivity contribution in [3.05, 3.63) is 23.5 Å². The summed E-state index contributed by atoms with van der Waals surface area (Å²) in [4.78, 5) is 23.1. The van der Waals surface area contributed by atoms with E-state index in [1.165, 1.54) is 13.2 Å². The third-order valence-corrected chi connectivity index (χ3v) is 5.17. The van der Waals surface area contributed by atoms with Crippen LogP contribution in [0, 0.1) is 11.8 Å². The highest BCUT2D eigenvalue weighted by Gasteiger charge is 2.56. The molecule has 0 radical (unpaired) electrons. The van der Waals surface area contributed by atoms with Crippen molar-refractivity contribution in [2.75, 3.05) is 13.2 Å². The Morgan fingerprint density at radius 1 is 1.22 bits per heavy atom. The molecule has 0 aromatic rings. The van der Waals surface area contributed by atoms with Crippen LogP contribution in [-0.4, -0.2) is 77.5 Å². The molecule has 2 saturated heterocycles. The summed E-state index contributed by atoms with van der Waals surface area (Å²) < 4.78 is 26.9. The van der Waals surface area contributed by atoms with E-state index < -0.39 is 54.9 Å². The Morgan fingerprint density at radius 2 is 2.00 bits per heavy atom. The highest BCUT2D eigenvalue weighted by Crippen LogP contribution is 2.49. The molecule has 10 heteroatoms. The van der Waals surface area contributed by atoms with Crippen LogP contribution in [0.3, 0.4) is 0 Å². The fraction of sp³-hybridized carbons (Fsp3) is 0.647. The highest BCUT2D eigenvalue weighted by atomic mass is 16.8. The quantitative estimate of drug-likeness (QED) is 0.381. The molecule has 2 fully saturated rings. The van der Waals surface area contributed by atoms with E-state index in [0.717, 1.165) is 0 Å². The predicted molar refractivity (Wildman–Crippen MR) is 83.4 cm³/mol. The van der Waals surface area contributed by atoms with Crippen LogP contribution in [-0.2, 0) is 33.3 Å². The molecule has 148 valence electrons. The minimum atomic E-state index is -1.48. The molecule has 0 bridgehead atoms. The van der Waals surface area contributed by atoms with Crippen molar-refractivity contribution in [3.8, 4) is 0 Å². The number of esters is 2. The molecule has 0 spiro atoms. The summed E-state index contributed by atoms with van der Waals surface area (Å²) in [5.41, 5.74) is 1.02. The standard InChI is InChI=1S/C17H20O10/c1-6(18)23-3-7-2-10-12-8(15(22)26-10)4-24-16(11(7)12)27-17-14(21)13(20)9(19)5-25-17/h2,4,9-14,16-17,19-21H,3,5H2,1H3/t9-,10-,11+,12-,13+,14-,16-,17+/m0/s1. The van der Waals surface area contributed by atoms with Gasteiger partial charge >= 0.3 is 11.9 Å². The first kappa shape index (κ1) is 18.4. The molecule has 1 aliphatic carbocycles. The summed E-state index contributed by atoms with van der Waals surface area (Å²) in [6, 6.07) is 0. The average molecular weight is 384 g/mol. The van der Waals surface area contributed by atoms with Gasteiger partial charge in [-0.25, -0.2) is 4.79 Å². The first-order chi connectivity index (χ1) is 12.9. The number of hydrogen-bond donors (Lipinski definition) is 3. The third kappa shape index (κ3) is 3.13. The minimum Gasteiger partial charge on any atom is -0.471 e. The molecule has 0 aromatic heterocycles. The molecule has 0 amide bonds. The van der Waals surface area contributed by atoms with E-state index in [0.29, 0.717) is 11.1 Å². The van der Waals surface area contributed by atoms with Crippen molar-refractivity contribution in [2.45, 2.75) is 43.9 Å². The van der Waals surface area contributed by atoms with Crippen LogP contribution in [0.1, 0.15) is 6.92 Å². The number of ether oxygens (including phenoxy) is 5. The molecular formula is C17H20O10. The molecule has 27 heavy (non-hydrogen) atoms. The maximum Gasteiger partial charge on any atom is 0.338 e. The molecule has 3 aliphatic heterocycles. The Morgan fingerprint density at radius 3 is 2.74 bits per heavy atom. The zero-order chi connectivity index (χ0) is 19.3. The lowest BCUT2D eigenvalue weighted by Crippen LogP contribution is -2.55. The van der Waals surface area contributed by atoms with E-state index in [9.17, 15) is 24.9 Å². The van der Waals surface area contributed by atoms with Crippen molar-refractivity contribution >= 4 is 11.9 Å². The Labute approximate surface area is 153 Å². The van der Waals surface area contributed by atoms with Crippen molar-refractivity contribution in [3.63, 3.8) is 0 Å². The van der Waals surface area contributed by atoms with Gasteiger partial charge in [0.1, 0.15) is 31.0 Å². The summed E-state index contributed by atoms with van der Waals surface area (Å²) in [5.74, 6) is -1.81. The van der Waals surface area contributed by atoms with Crippen LogP contribution in [0.15, 0.2) is 23.5 Å². The van der Waals surface area contributed by atoms with E-state index in [2.05, 4.69) is 0 Å². The molecule has 4 aliphatic rings. The van der Waals surface area contributed by atoms with Crippen molar-refractivity contribution in [1.29, 1.82) is 0 Å². The lowest BCUT2D eigenvalue weighted by molar-refractivity contribution is -0.318. The van der Waals surface area contributed by atoms with Crippen LogP contribution in [0.25, 0.3) is 0 Å². The minimum absolute atomic E-state index is 0.0174. The molecule has 0 aromatic carbocycles. The van der Waals surface area contributed by atoms with Crippen molar-refractivity contribution in [1.82, 2.24) is 0 Å². The predicted octanol–water partition coefficient (Wildman–Crippen LogP) is -1.66. The van der Waals surface area contributed by atoms with Crippen LogP contribution in [0.5, 0.6) is 0 Å². The Bertz CT molecular complexity index is 700. The van der Waals surface area contributed by atoms with Gasteiger partial charge in [-0.05, 0) is 11.6 Å². The second-order valence-corrected chi connectivity index (χ2v) is 6.91. The average Bonchev–Trinajstić information content (AvgIpc) is 3.14. The normalized spacial score (nSPS) is 42.6. The van der Waals surface area contributed by atoms with Crippen LogP contribution in [0.4, 0.5) is 0 Å². The number of aliphatic hydroxyl groups excluding tert-OH is 3. The zero-order valence-corrected chi connectivity index (χ0v) is 14.4. The topological polar surface area (TPSA) is 141 Å². The van der Waals surface area contributed by atoms with Crippen LogP contribution in [0.2, 0.25) is 0 Å². The van der Waals surface area contributed by atoms with Gasteiger partial charge in [0.15, 0.2) is 6.29 Å². The third-order valence-electron chi connectivity index (χ3n) is 5.17. The maximum absolute atomic E-state index is 11.9. The molecule has 10 nitrogen and oxygen atoms in total. The SMILES string of the molecule is CC(=O)OCC1=C[C@@H]2OC(=O)C3=CO[C@@H](O[C@H]4OC[C@H](O)[C@@H](O)[C@@H]4O)[C@H]1[C@@H]32.